The molecular weight excluding hydrogens is 278 g/mol. The zero-order valence-electron chi connectivity index (χ0n) is 11.8. The predicted octanol–water partition coefficient (Wildman–Crippen LogP) is -0.0166. The number of carbonyl (C=O) groups excluding carboxylic acids is 3. The lowest BCUT2D eigenvalue weighted by molar-refractivity contribution is -0.137. The average molecular weight is 299 g/mol. The van der Waals surface area contributed by atoms with Crippen LogP contribution in [0, 0.1) is 5.92 Å². The van der Waals surface area contributed by atoms with Crippen molar-refractivity contribution < 1.29 is 24.3 Å². The van der Waals surface area contributed by atoms with Gasteiger partial charge in [0, 0.05) is 31.8 Å². The molecule has 0 aliphatic heterocycles. The summed E-state index contributed by atoms with van der Waals surface area (Å²) < 4.78 is 0. The van der Waals surface area contributed by atoms with E-state index in [0.29, 0.717) is 19.4 Å². The second-order valence-electron chi connectivity index (χ2n) is 4.97. The van der Waals surface area contributed by atoms with Crippen molar-refractivity contribution in [2.75, 3.05) is 13.1 Å². The van der Waals surface area contributed by atoms with E-state index in [1.807, 2.05) is 0 Å². The zero-order chi connectivity index (χ0) is 15.7. The van der Waals surface area contributed by atoms with Crippen LogP contribution in [0.3, 0.4) is 0 Å². The van der Waals surface area contributed by atoms with E-state index >= 15 is 0 Å². The highest BCUT2D eigenvalue weighted by molar-refractivity contribution is 5.94. The van der Waals surface area contributed by atoms with Gasteiger partial charge in [-0.2, -0.15) is 0 Å². The van der Waals surface area contributed by atoms with Crippen LogP contribution in [0.4, 0.5) is 4.79 Å². The summed E-state index contributed by atoms with van der Waals surface area (Å²) in [5.41, 5.74) is 0. The second kappa shape index (κ2) is 8.93. The molecule has 8 nitrogen and oxygen atoms in total. The molecular formula is C13H21N3O5. The van der Waals surface area contributed by atoms with Crippen LogP contribution in [-0.2, 0) is 14.4 Å². The van der Waals surface area contributed by atoms with Crippen molar-refractivity contribution in [3.8, 4) is 0 Å². The van der Waals surface area contributed by atoms with Gasteiger partial charge in [0.25, 0.3) is 0 Å². The monoisotopic (exact) mass is 299 g/mol. The van der Waals surface area contributed by atoms with Gasteiger partial charge in [-0.15, -0.1) is 0 Å². The van der Waals surface area contributed by atoms with Crippen LogP contribution in [0.2, 0.25) is 0 Å². The molecule has 1 saturated carbocycles. The molecule has 1 aliphatic rings. The van der Waals surface area contributed by atoms with E-state index < -0.39 is 17.9 Å². The summed E-state index contributed by atoms with van der Waals surface area (Å²) in [6.45, 7) is 0.576. The minimum absolute atomic E-state index is 0.00622. The van der Waals surface area contributed by atoms with Gasteiger partial charge < -0.3 is 15.7 Å². The van der Waals surface area contributed by atoms with Crippen molar-refractivity contribution in [3.05, 3.63) is 0 Å². The third-order valence-electron chi connectivity index (χ3n) is 2.96. The van der Waals surface area contributed by atoms with Gasteiger partial charge in [-0.05, 0) is 25.7 Å². The Bertz CT molecular complexity index is 407. The first-order chi connectivity index (χ1) is 9.99. The minimum Gasteiger partial charge on any atom is -0.481 e. The molecule has 0 unspecified atom stereocenters. The number of nitrogens with one attached hydrogen (secondary N) is 3. The third kappa shape index (κ3) is 8.61. The van der Waals surface area contributed by atoms with Crippen molar-refractivity contribution in [2.45, 2.75) is 38.5 Å². The molecule has 0 saturated heterocycles. The van der Waals surface area contributed by atoms with Crippen molar-refractivity contribution >= 4 is 23.8 Å². The Hall–Kier alpha value is -2.12. The van der Waals surface area contributed by atoms with Crippen LogP contribution in [0.25, 0.3) is 0 Å². The number of imide groups is 1. The SMILES string of the molecule is O=C(O)CCCCC(=O)NC(=O)NCCNC(=O)C1CC1. The zero-order valence-corrected chi connectivity index (χ0v) is 11.8. The van der Waals surface area contributed by atoms with Crippen LogP contribution in [0.5, 0.6) is 0 Å². The highest BCUT2D eigenvalue weighted by Gasteiger charge is 2.28. The van der Waals surface area contributed by atoms with E-state index in [9.17, 15) is 19.2 Å². The number of unbranched alkanes of at least 4 members (excludes halogenated alkanes) is 1. The Morgan fingerprint density at radius 2 is 1.57 bits per heavy atom. The van der Waals surface area contributed by atoms with Gasteiger partial charge in [-0.25, -0.2) is 4.79 Å². The number of rotatable bonds is 9. The summed E-state index contributed by atoms with van der Waals surface area (Å²) in [5, 5.41) is 15.7. The molecule has 0 aromatic rings. The minimum atomic E-state index is -0.901. The number of carbonyl (C=O) groups is 4. The van der Waals surface area contributed by atoms with E-state index in [0.717, 1.165) is 12.8 Å². The summed E-state index contributed by atoms with van der Waals surface area (Å²) >= 11 is 0. The Morgan fingerprint density at radius 1 is 0.952 bits per heavy atom. The normalized spacial score (nSPS) is 13.3. The molecule has 0 heterocycles. The van der Waals surface area contributed by atoms with Gasteiger partial charge in [0.1, 0.15) is 0 Å². The molecule has 1 fully saturated rings. The van der Waals surface area contributed by atoms with Gasteiger partial charge in [-0.1, -0.05) is 0 Å². The fraction of sp³-hybridized carbons (Fsp3) is 0.692. The van der Waals surface area contributed by atoms with Crippen molar-refractivity contribution in [3.63, 3.8) is 0 Å². The number of amides is 4. The van der Waals surface area contributed by atoms with Crippen molar-refractivity contribution in [1.82, 2.24) is 16.0 Å². The van der Waals surface area contributed by atoms with Crippen LogP contribution >= 0.6 is 0 Å². The van der Waals surface area contributed by atoms with Crippen LogP contribution < -0.4 is 16.0 Å². The first-order valence-corrected chi connectivity index (χ1v) is 7.06. The highest BCUT2D eigenvalue weighted by Crippen LogP contribution is 2.28. The van der Waals surface area contributed by atoms with E-state index in [1.165, 1.54) is 0 Å². The number of aliphatic carboxylic acids is 1. The van der Waals surface area contributed by atoms with E-state index in [-0.39, 0.29) is 31.2 Å². The molecule has 1 aliphatic carbocycles. The maximum absolute atomic E-state index is 11.3. The quantitative estimate of drug-likeness (QED) is 0.445. The molecule has 4 amide bonds. The lowest BCUT2D eigenvalue weighted by Crippen LogP contribution is -2.42. The lowest BCUT2D eigenvalue weighted by Gasteiger charge is -2.07. The maximum atomic E-state index is 11.3. The molecule has 118 valence electrons. The third-order valence-corrected chi connectivity index (χ3v) is 2.96. The molecule has 0 atom stereocenters. The molecule has 1 rings (SSSR count). The predicted molar refractivity (Wildman–Crippen MR) is 73.4 cm³/mol. The molecule has 0 radical (unpaired) electrons. The number of hydrogen-bond acceptors (Lipinski definition) is 4. The first kappa shape index (κ1) is 16.9. The van der Waals surface area contributed by atoms with Gasteiger partial charge in [0.15, 0.2) is 0 Å². The molecule has 0 aromatic carbocycles. The molecule has 21 heavy (non-hydrogen) atoms. The summed E-state index contributed by atoms with van der Waals surface area (Å²) in [4.78, 5) is 44.2. The van der Waals surface area contributed by atoms with Crippen LogP contribution in [0.1, 0.15) is 38.5 Å². The van der Waals surface area contributed by atoms with Crippen LogP contribution in [0.15, 0.2) is 0 Å². The number of urea groups is 1. The Balaban J connectivity index is 1.97. The van der Waals surface area contributed by atoms with Gasteiger partial charge in [-0.3, -0.25) is 19.7 Å². The summed E-state index contributed by atoms with van der Waals surface area (Å²) in [6, 6.07) is -0.612. The highest BCUT2D eigenvalue weighted by atomic mass is 16.4. The van der Waals surface area contributed by atoms with Gasteiger partial charge >= 0.3 is 12.0 Å². The lowest BCUT2D eigenvalue weighted by atomic mass is 10.2. The largest absolute Gasteiger partial charge is 0.481 e. The molecule has 0 aromatic heterocycles. The molecule has 4 N–H and O–H groups in total. The van der Waals surface area contributed by atoms with Crippen molar-refractivity contribution in [1.29, 1.82) is 0 Å². The van der Waals surface area contributed by atoms with E-state index in [2.05, 4.69) is 16.0 Å². The summed E-state index contributed by atoms with van der Waals surface area (Å²) in [6.07, 6.45) is 2.80. The molecule has 0 bridgehead atoms. The fourth-order valence-electron chi connectivity index (χ4n) is 1.65. The Kier molecular flexibility index (Phi) is 7.20. The number of hydrogen-bond donors (Lipinski definition) is 4. The first-order valence-electron chi connectivity index (χ1n) is 7.06. The Morgan fingerprint density at radius 3 is 2.19 bits per heavy atom. The van der Waals surface area contributed by atoms with E-state index in [1.54, 1.807) is 0 Å². The maximum Gasteiger partial charge on any atom is 0.321 e. The molecule has 8 heteroatoms. The molecule has 0 spiro atoms. The smallest absolute Gasteiger partial charge is 0.321 e. The van der Waals surface area contributed by atoms with Crippen molar-refractivity contribution in [2.24, 2.45) is 5.92 Å². The standard InChI is InChI=1S/C13H21N3O5/c17-10(3-1-2-4-11(18)19)16-13(21)15-8-7-14-12(20)9-5-6-9/h9H,1-8H2,(H,14,20)(H,18,19)(H2,15,16,17,21). The summed E-state index contributed by atoms with van der Waals surface area (Å²) in [7, 11) is 0. The van der Waals surface area contributed by atoms with Gasteiger partial charge in [0.05, 0.1) is 0 Å². The Labute approximate surface area is 122 Å². The second-order valence-corrected chi connectivity index (χ2v) is 4.97. The van der Waals surface area contributed by atoms with Crippen LogP contribution in [-0.4, -0.2) is 42.0 Å². The topological polar surface area (TPSA) is 125 Å². The number of carboxylic acid groups (broad SMARTS) is 1. The summed E-state index contributed by atoms with van der Waals surface area (Å²) in [5.74, 6) is -1.21. The van der Waals surface area contributed by atoms with E-state index in [4.69, 9.17) is 5.11 Å². The average Bonchev–Trinajstić information content (AvgIpc) is 3.23. The fourth-order valence-corrected chi connectivity index (χ4v) is 1.65. The van der Waals surface area contributed by atoms with Gasteiger partial charge in [0.2, 0.25) is 11.8 Å². The number of carboxylic acids is 1.